The van der Waals surface area contributed by atoms with Crippen LogP contribution in [0.4, 0.5) is 17.6 Å². The van der Waals surface area contributed by atoms with Crippen LogP contribution < -0.4 is 5.32 Å². The minimum Gasteiger partial charge on any atom is -0.343 e. The van der Waals surface area contributed by atoms with Crippen LogP contribution in [0.25, 0.3) is 0 Å². The topological polar surface area (TPSA) is 32.3 Å². The van der Waals surface area contributed by atoms with Gasteiger partial charge in [-0.15, -0.1) is 0 Å². The van der Waals surface area contributed by atoms with Gasteiger partial charge in [-0.25, -0.2) is 4.39 Å². The number of benzene rings is 2. The van der Waals surface area contributed by atoms with E-state index < -0.39 is 24.3 Å². The molecule has 0 aliphatic heterocycles. The third-order valence-corrected chi connectivity index (χ3v) is 6.42. The first-order chi connectivity index (χ1) is 14.6. The van der Waals surface area contributed by atoms with Crippen LogP contribution >= 0.6 is 0 Å². The zero-order valence-electron chi connectivity index (χ0n) is 18.0. The fraction of sp³-hybridized carbons (Fsp3) is 0.458. The van der Waals surface area contributed by atoms with Gasteiger partial charge in [-0.1, -0.05) is 43.2 Å². The number of halogens is 4. The molecule has 0 aromatic heterocycles. The number of likely N-dealkylation sites (N-methyl/N-ethyl adjacent to an activating group) is 1. The van der Waals surface area contributed by atoms with Crippen LogP contribution in [0.1, 0.15) is 64.3 Å². The van der Waals surface area contributed by atoms with Crippen molar-refractivity contribution in [3.8, 4) is 0 Å². The minimum absolute atomic E-state index is 0.0247. The van der Waals surface area contributed by atoms with Crippen LogP contribution in [0.15, 0.2) is 42.5 Å². The highest BCUT2D eigenvalue weighted by molar-refractivity contribution is 5.97. The van der Waals surface area contributed by atoms with Crippen molar-refractivity contribution < 1.29 is 22.4 Å². The van der Waals surface area contributed by atoms with E-state index in [1.54, 1.807) is 0 Å². The SMILES string of the molecule is Cc1cc(C(F)(F)F)cc(CF)c1C(=O)NC(c1ccccc1)C1(N(C)C)CCCC1. The maximum absolute atomic E-state index is 13.7. The quantitative estimate of drug-likeness (QED) is 0.578. The summed E-state index contributed by atoms with van der Waals surface area (Å²) in [6.45, 7) is 0.264. The van der Waals surface area contributed by atoms with E-state index >= 15 is 0 Å². The molecule has 1 saturated carbocycles. The van der Waals surface area contributed by atoms with E-state index in [0.717, 1.165) is 43.4 Å². The number of aryl methyl sites for hydroxylation is 1. The van der Waals surface area contributed by atoms with Gasteiger partial charge in [0.25, 0.3) is 5.91 Å². The summed E-state index contributed by atoms with van der Waals surface area (Å²) in [4.78, 5) is 15.5. The molecule has 1 unspecified atom stereocenters. The lowest BCUT2D eigenvalue weighted by Gasteiger charge is -2.44. The van der Waals surface area contributed by atoms with Gasteiger partial charge >= 0.3 is 6.18 Å². The first-order valence-electron chi connectivity index (χ1n) is 10.4. The maximum atomic E-state index is 13.7. The number of amides is 1. The summed E-state index contributed by atoms with van der Waals surface area (Å²) < 4.78 is 53.2. The average Bonchev–Trinajstić information content (AvgIpc) is 3.22. The lowest BCUT2D eigenvalue weighted by molar-refractivity contribution is -0.137. The molecule has 1 atom stereocenters. The van der Waals surface area contributed by atoms with E-state index in [2.05, 4.69) is 10.2 Å². The number of carbonyl (C=O) groups excluding carboxylic acids is 1. The van der Waals surface area contributed by atoms with Gasteiger partial charge in [-0.3, -0.25) is 4.79 Å². The second kappa shape index (κ2) is 8.99. The molecule has 7 heteroatoms. The Balaban J connectivity index is 2.04. The number of hydrogen-bond donors (Lipinski definition) is 1. The number of nitrogens with zero attached hydrogens (tertiary/aromatic N) is 1. The lowest BCUT2D eigenvalue weighted by atomic mass is 9.82. The molecule has 1 N–H and O–H groups in total. The second-order valence-electron chi connectivity index (χ2n) is 8.48. The van der Waals surface area contributed by atoms with Crippen molar-refractivity contribution in [3.63, 3.8) is 0 Å². The molecule has 3 nitrogen and oxygen atoms in total. The summed E-state index contributed by atoms with van der Waals surface area (Å²) in [6.07, 6.45) is -0.808. The molecule has 2 aromatic carbocycles. The molecule has 0 radical (unpaired) electrons. The largest absolute Gasteiger partial charge is 0.416 e. The van der Waals surface area contributed by atoms with Gasteiger partial charge in [0.15, 0.2) is 0 Å². The summed E-state index contributed by atoms with van der Waals surface area (Å²) in [5, 5.41) is 3.06. The van der Waals surface area contributed by atoms with Crippen LogP contribution in [-0.2, 0) is 12.9 Å². The normalized spacial score (nSPS) is 17.0. The summed E-state index contributed by atoms with van der Waals surface area (Å²) in [6, 6.07) is 10.8. The van der Waals surface area contributed by atoms with Crippen LogP contribution in [0.2, 0.25) is 0 Å². The summed E-state index contributed by atoms with van der Waals surface area (Å²) >= 11 is 0. The second-order valence-corrected chi connectivity index (χ2v) is 8.48. The van der Waals surface area contributed by atoms with Gasteiger partial charge in [0, 0.05) is 11.1 Å². The minimum atomic E-state index is -4.60. The Bertz CT molecular complexity index is 919. The van der Waals surface area contributed by atoms with Crippen LogP contribution in [0, 0.1) is 6.92 Å². The predicted molar refractivity (Wildman–Crippen MR) is 113 cm³/mol. The molecule has 1 aliphatic carbocycles. The van der Waals surface area contributed by atoms with E-state index in [1.165, 1.54) is 6.92 Å². The first kappa shape index (κ1) is 23.3. The van der Waals surface area contributed by atoms with Crippen LogP contribution in [0.3, 0.4) is 0 Å². The highest BCUT2D eigenvalue weighted by atomic mass is 19.4. The Morgan fingerprint density at radius 1 is 1.13 bits per heavy atom. The molecule has 0 spiro atoms. The fourth-order valence-corrected chi connectivity index (χ4v) is 4.81. The zero-order chi connectivity index (χ0) is 22.8. The number of nitrogens with one attached hydrogen (secondary N) is 1. The van der Waals surface area contributed by atoms with E-state index in [4.69, 9.17) is 0 Å². The molecule has 2 aromatic rings. The lowest BCUT2D eigenvalue weighted by Crippen LogP contribution is -2.53. The average molecular weight is 436 g/mol. The van der Waals surface area contributed by atoms with Gasteiger partial charge < -0.3 is 10.2 Å². The van der Waals surface area contributed by atoms with Crippen molar-refractivity contribution >= 4 is 5.91 Å². The predicted octanol–water partition coefficient (Wildman–Crippen LogP) is 5.83. The van der Waals surface area contributed by atoms with E-state index in [-0.39, 0.29) is 28.3 Å². The van der Waals surface area contributed by atoms with Crippen LogP contribution in [-0.4, -0.2) is 30.4 Å². The molecule has 1 amide bonds. The van der Waals surface area contributed by atoms with Crippen molar-refractivity contribution in [2.45, 2.75) is 57.0 Å². The molecule has 168 valence electrons. The standard InChI is InChI=1S/C24H28F4N2O/c1-16-13-19(24(26,27)28)14-18(15-25)20(16)22(31)29-21(17-9-5-4-6-10-17)23(30(2)3)11-7-8-12-23/h4-6,9-10,13-14,21H,7-8,11-12,15H2,1-3H3,(H,29,31). The molecule has 1 aliphatic rings. The first-order valence-corrected chi connectivity index (χ1v) is 10.4. The molecule has 3 rings (SSSR count). The van der Waals surface area contributed by atoms with Crippen LogP contribution in [0.5, 0.6) is 0 Å². The molecule has 0 bridgehead atoms. The molecule has 0 heterocycles. The van der Waals surface area contributed by atoms with Crippen molar-refractivity contribution in [3.05, 3.63) is 70.3 Å². The zero-order valence-corrected chi connectivity index (χ0v) is 18.0. The smallest absolute Gasteiger partial charge is 0.343 e. The summed E-state index contributed by atoms with van der Waals surface area (Å²) in [7, 11) is 3.95. The summed E-state index contributed by atoms with van der Waals surface area (Å²) in [5.41, 5.74) is -0.526. The maximum Gasteiger partial charge on any atom is 0.416 e. The van der Waals surface area contributed by atoms with Crippen molar-refractivity contribution in [1.82, 2.24) is 10.2 Å². The molecular weight excluding hydrogens is 408 g/mol. The molecule has 0 saturated heterocycles. The number of carbonyl (C=O) groups is 1. The highest BCUT2D eigenvalue weighted by Crippen LogP contribution is 2.44. The van der Waals surface area contributed by atoms with Crippen molar-refractivity contribution in [2.24, 2.45) is 0 Å². The Hall–Kier alpha value is -2.41. The van der Waals surface area contributed by atoms with Crippen molar-refractivity contribution in [2.75, 3.05) is 14.1 Å². The van der Waals surface area contributed by atoms with Gasteiger partial charge in [0.2, 0.25) is 0 Å². The van der Waals surface area contributed by atoms with E-state index in [9.17, 15) is 22.4 Å². The molecular formula is C24H28F4N2O. The fourth-order valence-electron chi connectivity index (χ4n) is 4.81. The van der Waals surface area contributed by atoms with Gasteiger partial charge in [0.1, 0.15) is 6.67 Å². The molecule has 1 fully saturated rings. The van der Waals surface area contributed by atoms with Gasteiger partial charge in [-0.05, 0) is 62.7 Å². The Labute approximate surface area is 180 Å². The van der Waals surface area contributed by atoms with E-state index in [1.807, 2.05) is 44.4 Å². The van der Waals surface area contributed by atoms with Gasteiger partial charge in [0.05, 0.1) is 11.6 Å². The van der Waals surface area contributed by atoms with Crippen molar-refractivity contribution in [1.29, 1.82) is 0 Å². The molecule has 31 heavy (non-hydrogen) atoms. The number of hydrogen-bond acceptors (Lipinski definition) is 2. The summed E-state index contributed by atoms with van der Waals surface area (Å²) in [5.74, 6) is -0.555. The third-order valence-electron chi connectivity index (χ3n) is 6.42. The highest BCUT2D eigenvalue weighted by Gasteiger charge is 2.45. The number of alkyl halides is 4. The monoisotopic (exact) mass is 436 g/mol. The Morgan fingerprint density at radius 3 is 2.26 bits per heavy atom. The number of rotatable bonds is 6. The Morgan fingerprint density at radius 2 is 1.74 bits per heavy atom. The van der Waals surface area contributed by atoms with Gasteiger partial charge in [-0.2, -0.15) is 13.2 Å². The van der Waals surface area contributed by atoms with E-state index in [0.29, 0.717) is 0 Å². The Kier molecular flexibility index (Phi) is 6.74. The third kappa shape index (κ3) is 4.61.